The van der Waals surface area contributed by atoms with Gasteiger partial charge in [-0.25, -0.2) is 0 Å². The molecule has 19 heavy (non-hydrogen) atoms. The Bertz CT molecular complexity index is 440. The standard InChI is InChI=1S/C15H22N2O2/c1-3-12-10-13(4-5-15(12)19-2)14(18)11-17-8-6-16-7-9-17/h4-5,10,16H,3,6-9,11H2,1-2H3. The van der Waals surface area contributed by atoms with Crippen LogP contribution in [0.4, 0.5) is 0 Å². The van der Waals surface area contributed by atoms with Crippen LogP contribution in [0.2, 0.25) is 0 Å². The summed E-state index contributed by atoms with van der Waals surface area (Å²) in [4.78, 5) is 14.5. The van der Waals surface area contributed by atoms with E-state index in [2.05, 4.69) is 17.1 Å². The summed E-state index contributed by atoms with van der Waals surface area (Å²) in [7, 11) is 1.66. The summed E-state index contributed by atoms with van der Waals surface area (Å²) in [5.74, 6) is 1.06. The molecular formula is C15H22N2O2. The first-order chi connectivity index (χ1) is 9.24. The minimum absolute atomic E-state index is 0.194. The van der Waals surface area contributed by atoms with Crippen molar-refractivity contribution in [1.82, 2.24) is 10.2 Å². The quantitative estimate of drug-likeness (QED) is 0.813. The number of rotatable bonds is 5. The van der Waals surface area contributed by atoms with E-state index in [9.17, 15) is 4.79 Å². The summed E-state index contributed by atoms with van der Waals surface area (Å²) in [6.45, 7) is 6.41. The molecule has 1 aliphatic heterocycles. The fraction of sp³-hybridized carbons (Fsp3) is 0.533. The van der Waals surface area contributed by atoms with Crippen molar-refractivity contribution in [3.8, 4) is 5.75 Å². The summed E-state index contributed by atoms with van der Waals surface area (Å²) < 4.78 is 5.29. The predicted molar refractivity (Wildman–Crippen MR) is 76.0 cm³/mol. The van der Waals surface area contributed by atoms with Gasteiger partial charge >= 0.3 is 0 Å². The van der Waals surface area contributed by atoms with Crippen LogP contribution in [0.1, 0.15) is 22.8 Å². The van der Waals surface area contributed by atoms with Gasteiger partial charge in [0.15, 0.2) is 5.78 Å². The number of aryl methyl sites for hydroxylation is 1. The third-order valence-corrected chi connectivity index (χ3v) is 3.56. The Kier molecular flexibility index (Phi) is 4.93. The lowest BCUT2D eigenvalue weighted by Crippen LogP contribution is -2.45. The Morgan fingerprint density at radius 1 is 1.37 bits per heavy atom. The number of benzene rings is 1. The molecule has 0 aliphatic carbocycles. The second-order valence-corrected chi connectivity index (χ2v) is 4.83. The van der Waals surface area contributed by atoms with Crippen molar-refractivity contribution >= 4 is 5.78 Å². The maximum absolute atomic E-state index is 12.3. The van der Waals surface area contributed by atoms with Gasteiger partial charge in [-0.1, -0.05) is 6.92 Å². The molecule has 1 saturated heterocycles. The molecule has 0 aromatic heterocycles. The zero-order chi connectivity index (χ0) is 13.7. The highest BCUT2D eigenvalue weighted by molar-refractivity contribution is 5.98. The van der Waals surface area contributed by atoms with E-state index in [-0.39, 0.29) is 5.78 Å². The average Bonchev–Trinajstić information content (AvgIpc) is 2.47. The molecule has 2 rings (SSSR count). The van der Waals surface area contributed by atoms with Crippen molar-refractivity contribution in [2.75, 3.05) is 39.8 Å². The van der Waals surface area contributed by atoms with Crippen LogP contribution in [0.5, 0.6) is 5.75 Å². The zero-order valence-corrected chi connectivity index (χ0v) is 11.7. The van der Waals surface area contributed by atoms with E-state index in [1.54, 1.807) is 7.11 Å². The number of carbonyl (C=O) groups is 1. The Labute approximate surface area is 114 Å². The molecule has 0 atom stereocenters. The summed E-state index contributed by atoms with van der Waals surface area (Å²) in [6, 6.07) is 5.72. The molecule has 1 aliphatic rings. The second kappa shape index (κ2) is 6.68. The molecular weight excluding hydrogens is 240 g/mol. The fourth-order valence-corrected chi connectivity index (χ4v) is 2.39. The lowest BCUT2D eigenvalue weighted by Gasteiger charge is -2.26. The average molecular weight is 262 g/mol. The van der Waals surface area contributed by atoms with Gasteiger partial charge in [-0.05, 0) is 30.2 Å². The molecule has 0 spiro atoms. The number of carbonyl (C=O) groups excluding carboxylic acids is 1. The van der Waals surface area contributed by atoms with Crippen LogP contribution in [0, 0.1) is 0 Å². The lowest BCUT2D eigenvalue weighted by atomic mass is 10.0. The van der Waals surface area contributed by atoms with E-state index < -0.39 is 0 Å². The molecule has 4 heteroatoms. The van der Waals surface area contributed by atoms with Crippen LogP contribution >= 0.6 is 0 Å². The largest absolute Gasteiger partial charge is 0.496 e. The molecule has 0 unspecified atom stereocenters. The smallest absolute Gasteiger partial charge is 0.176 e. The van der Waals surface area contributed by atoms with Gasteiger partial charge in [0, 0.05) is 31.7 Å². The summed E-state index contributed by atoms with van der Waals surface area (Å²) in [5.41, 5.74) is 1.88. The minimum atomic E-state index is 0.194. The molecule has 104 valence electrons. The first-order valence-electron chi connectivity index (χ1n) is 6.87. The molecule has 0 bridgehead atoms. The first-order valence-corrected chi connectivity index (χ1v) is 6.87. The fourth-order valence-electron chi connectivity index (χ4n) is 2.39. The highest BCUT2D eigenvalue weighted by atomic mass is 16.5. The van der Waals surface area contributed by atoms with Gasteiger partial charge in [0.2, 0.25) is 0 Å². The summed E-state index contributed by atoms with van der Waals surface area (Å²) >= 11 is 0. The first kappa shape index (κ1) is 14.0. The highest BCUT2D eigenvalue weighted by Crippen LogP contribution is 2.20. The monoisotopic (exact) mass is 262 g/mol. The van der Waals surface area contributed by atoms with Gasteiger partial charge in [0.05, 0.1) is 13.7 Å². The number of hydrogen-bond acceptors (Lipinski definition) is 4. The Morgan fingerprint density at radius 2 is 2.11 bits per heavy atom. The molecule has 1 fully saturated rings. The van der Waals surface area contributed by atoms with Crippen molar-refractivity contribution in [1.29, 1.82) is 0 Å². The van der Waals surface area contributed by atoms with E-state index in [0.717, 1.165) is 49.5 Å². The van der Waals surface area contributed by atoms with Crippen LogP contribution < -0.4 is 10.1 Å². The molecule has 0 radical (unpaired) electrons. The van der Waals surface area contributed by atoms with Crippen molar-refractivity contribution in [2.24, 2.45) is 0 Å². The number of Topliss-reactive ketones (excluding diaryl/α,β-unsaturated/α-hetero) is 1. The number of hydrogen-bond donors (Lipinski definition) is 1. The van der Waals surface area contributed by atoms with Crippen LogP contribution in [-0.4, -0.2) is 50.5 Å². The minimum Gasteiger partial charge on any atom is -0.496 e. The van der Waals surface area contributed by atoms with E-state index in [4.69, 9.17) is 4.74 Å². The van der Waals surface area contributed by atoms with Gasteiger partial charge in [0.1, 0.15) is 5.75 Å². The maximum Gasteiger partial charge on any atom is 0.176 e. The molecule has 1 aromatic rings. The molecule has 0 saturated carbocycles. The zero-order valence-electron chi connectivity index (χ0n) is 11.7. The highest BCUT2D eigenvalue weighted by Gasteiger charge is 2.15. The molecule has 1 N–H and O–H groups in total. The van der Waals surface area contributed by atoms with Gasteiger partial charge in [-0.2, -0.15) is 0 Å². The number of ether oxygens (including phenoxy) is 1. The number of nitrogens with zero attached hydrogens (tertiary/aromatic N) is 1. The Hall–Kier alpha value is -1.39. The summed E-state index contributed by atoms with van der Waals surface area (Å²) in [6.07, 6.45) is 0.873. The Morgan fingerprint density at radius 3 is 2.74 bits per heavy atom. The lowest BCUT2D eigenvalue weighted by molar-refractivity contribution is 0.0921. The molecule has 1 aromatic carbocycles. The number of methoxy groups -OCH3 is 1. The van der Waals surface area contributed by atoms with E-state index in [1.807, 2.05) is 18.2 Å². The van der Waals surface area contributed by atoms with E-state index in [1.165, 1.54) is 0 Å². The number of piperazine rings is 1. The van der Waals surface area contributed by atoms with Crippen LogP contribution in [0.15, 0.2) is 18.2 Å². The predicted octanol–water partition coefficient (Wildman–Crippen LogP) is 1.35. The third-order valence-electron chi connectivity index (χ3n) is 3.56. The van der Waals surface area contributed by atoms with Crippen LogP contribution in [-0.2, 0) is 6.42 Å². The summed E-state index contributed by atoms with van der Waals surface area (Å²) in [5, 5.41) is 3.29. The van der Waals surface area contributed by atoms with Gasteiger partial charge in [-0.15, -0.1) is 0 Å². The van der Waals surface area contributed by atoms with Crippen molar-refractivity contribution < 1.29 is 9.53 Å². The van der Waals surface area contributed by atoms with Crippen molar-refractivity contribution in [3.63, 3.8) is 0 Å². The normalized spacial score (nSPS) is 16.3. The maximum atomic E-state index is 12.3. The SMILES string of the molecule is CCc1cc(C(=O)CN2CCNCC2)ccc1OC. The second-order valence-electron chi connectivity index (χ2n) is 4.83. The Balaban J connectivity index is 2.05. The molecule has 1 heterocycles. The van der Waals surface area contributed by atoms with Gasteiger partial charge in [0.25, 0.3) is 0 Å². The molecule has 0 amide bonds. The van der Waals surface area contributed by atoms with Crippen molar-refractivity contribution in [3.05, 3.63) is 29.3 Å². The topological polar surface area (TPSA) is 41.6 Å². The van der Waals surface area contributed by atoms with Crippen LogP contribution in [0.3, 0.4) is 0 Å². The number of ketones is 1. The van der Waals surface area contributed by atoms with Gasteiger partial charge < -0.3 is 10.1 Å². The van der Waals surface area contributed by atoms with Gasteiger partial charge in [-0.3, -0.25) is 9.69 Å². The number of nitrogens with one attached hydrogen (secondary N) is 1. The van der Waals surface area contributed by atoms with E-state index >= 15 is 0 Å². The van der Waals surface area contributed by atoms with E-state index in [0.29, 0.717) is 6.54 Å². The third kappa shape index (κ3) is 3.55. The van der Waals surface area contributed by atoms with Crippen LogP contribution in [0.25, 0.3) is 0 Å². The molecule has 4 nitrogen and oxygen atoms in total. The van der Waals surface area contributed by atoms with Crippen molar-refractivity contribution in [2.45, 2.75) is 13.3 Å².